The molecule has 0 atom stereocenters. The van der Waals surface area contributed by atoms with Crippen molar-refractivity contribution < 1.29 is 9.13 Å². The van der Waals surface area contributed by atoms with E-state index < -0.39 is 0 Å². The maximum atomic E-state index is 12.9. The van der Waals surface area contributed by atoms with Gasteiger partial charge in [-0.15, -0.1) is 34.2 Å². The predicted octanol–water partition coefficient (Wildman–Crippen LogP) is 2.62. The van der Waals surface area contributed by atoms with E-state index in [1.807, 2.05) is 40.7 Å². The number of benzene rings is 1. The second kappa shape index (κ2) is 10.8. The average molecular weight is 498 g/mol. The van der Waals surface area contributed by atoms with E-state index in [0.29, 0.717) is 25.4 Å². The van der Waals surface area contributed by atoms with Crippen molar-refractivity contribution in [2.45, 2.75) is 6.42 Å². The van der Waals surface area contributed by atoms with Crippen molar-refractivity contribution in [3.63, 3.8) is 0 Å². The van der Waals surface area contributed by atoms with Crippen LogP contribution in [0.15, 0.2) is 53.7 Å². The molecule has 0 fully saturated rings. The van der Waals surface area contributed by atoms with Gasteiger partial charge in [-0.05, 0) is 36.4 Å². The number of hydrogen-bond donors (Lipinski definition) is 1. The Morgan fingerprint density at radius 2 is 2.00 bits per heavy atom. The Bertz CT molecular complexity index is 899. The molecule has 3 aromatic rings. The van der Waals surface area contributed by atoms with Crippen LogP contribution in [0.4, 0.5) is 4.39 Å². The third kappa shape index (κ3) is 5.78. The third-order valence-electron chi connectivity index (χ3n) is 4.10. The minimum Gasteiger partial charge on any atom is -0.492 e. The number of aromatic nitrogens is 3. The largest absolute Gasteiger partial charge is 0.492 e. The van der Waals surface area contributed by atoms with Crippen LogP contribution in [0.25, 0.3) is 5.65 Å². The minimum absolute atomic E-state index is 0. The molecule has 0 radical (unpaired) electrons. The first-order chi connectivity index (χ1) is 13.2. The van der Waals surface area contributed by atoms with E-state index in [2.05, 4.69) is 20.5 Å². The van der Waals surface area contributed by atoms with Gasteiger partial charge in [0.2, 0.25) is 0 Å². The highest BCUT2D eigenvalue weighted by Gasteiger charge is 2.08. The van der Waals surface area contributed by atoms with Crippen LogP contribution in [-0.2, 0) is 6.42 Å². The number of nitrogens with one attached hydrogen (secondary N) is 1. The molecule has 0 saturated carbocycles. The topological polar surface area (TPSA) is 67.0 Å². The lowest BCUT2D eigenvalue weighted by molar-refractivity contribution is 0.281. The molecule has 0 saturated heterocycles. The van der Waals surface area contributed by atoms with Crippen molar-refractivity contribution in [1.82, 2.24) is 24.8 Å². The number of aliphatic imine (C=N–C) groups is 1. The summed E-state index contributed by atoms with van der Waals surface area (Å²) in [5.41, 5.74) is 0.840. The van der Waals surface area contributed by atoms with Gasteiger partial charge in [0.1, 0.15) is 24.0 Å². The number of guanidine groups is 1. The highest BCUT2D eigenvalue weighted by Crippen LogP contribution is 2.10. The summed E-state index contributed by atoms with van der Waals surface area (Å²) < 4.78 is 20.5. The molecule has 3 rings (SSSR count). The van der Waals surface area contributed by atoms with Gasteiger partial charge in [0.15, 0.2) is 11.6 Å². The van der Waals surface area contributed by atoms with Gasteiger partial charge in [0, 0.05) is 33.3 Å². The van der Waals surface area contributed by atoms with Crippen LogP contribution in [0.5, 0.6) is 5.75 Å². The SMILES string of the molecule is CN=C(NCCc1nnc2ccccn12)N(C)CCOc1ccc(F)cc1.I. The summed E-state index contributed by atoms with van der Waals surface area (Å²) in [4.78, 5) is 6.27. The fourth-order valence-electron chi connectivity index (χ4n) is 2.67. The molecular formula is C19H24FIN6O. The summed E-state index contributed by atoms with van der Waals surface area (Å²) in [7, 11) is 3.68. The number of hydrogen-bond acceptors (Lipinski definition) is 4. The van der Waals surface area contributed by atoms with E-state index in [9.17, 15) is 4.39 Å². The lowest BCUT2D eigenvalue weighted by atomic mass is 10.3. The second-order valence-electron chi connectivity index (χ2n) is 5.99. The van der Waals surface area contributed by atoms with Gasteiger partial charge < -0.3 is 15.0 Å². The predicted molar refractivity (Wildman–Crippen MR) is 118 cm³/mol. The van der Waals surface area contributed by atoms with Crippen molar-refractivity contribution in [2.75, 3.05) is 33.8 Å². The number of rotatable bonds is 7. The molecule has 0 unspecified atom stereocenters. The fraction of sp³-hybridized carbons (Fsp3) is 0.316. The fourth-order valence-corrected chi connectivity index (χ4v) is 2.67. The van der Waals surface area contributed by atoms with E-state index in [0.717, 1.165) is 23.9 Å². The smallest absolute Gasteiger partial charge is 0.193 e. The summed E-state index contributed by atoms with van der Waals surface area (Å²) >= 11 is 0. The minimum atomic E-state index is -0.274. The summed E-state index contributed by atoms with van der Waals surface area (Å²) in [6.45, 7) is 1.80. The molecule has 1 N–H and O–H groups in total. The quantitative estimate of drug-likeness (QED) is 0.308. The van der Waals surface area contributed by atoms with Gasteiger partial charge in [-0.1, -0.05) is 6.07 Å². The molecule has 0 aliphatic carbocycles. The standard InChI is InChI=1S/C19H23FN6O.HI/c1-21-19(25(2)13-14-27-16-8-6-15(20)7-9-16)22-11-10-18-24-23-17-5-3-4-12-26(17)18;/h3-9,12H,10-11,13-14H2,1-2H3,(H,21,22);1H. The molecule has 0 aliphatic heterocycles. The molecule has 2 heterocycles. The maximum absolute atomic E-state index is 12.9. The van der Waals surface area contributed by atoms with Crippen molar-refractivity contribution in [3.8, 4) is 5.75 Å². The third-order valence-corrected chi connectivity index (χ3v) is 4.10. The molecule has 1 aromatic carbocycles. The summed E-state index contributed by atoms with van der Waals surface area (Å²) in [5.74, 6) is 2.04. The molecule has 0 bridgehead atoms. The first-order valence-electron chi connectivity index (χ1n) is 8.76. The van der Waals surface area contributed by atoms with Gasteiger partial charge in [-0.25, -0.2) is 4.39 Å². The molecule has 7 nitrogen and oxygen atoms in total. The lowest BCUT2D eigenvalue weighted by Crippen LogP contribution is -2.41. The Balaban J connectivity index is 0.00000280. The number of ether oxygens (including phenoxy) is 1. The van der Waals surface area contributed by atoms with Gasteiger partial charge >= 0.3 is 0 Å². The number of pyridine rings is 1. The molecule has 150 valence electrons. The van der Waals surface area contributed by atoms with Crippen molar-refractivity contribution in [1.29, 1.82) is 0 Å². The van der Waals surface area contributed by atoms with E-state index in [1.165, 1.54) is 12.1 Å². The van der Waals surface area contributed by atoms with Crippen molar-refractivity contribution in [2.24, 2.45) is 4.99 Å². The van der Waals surface area contributed by atoms with Gasteiger partial charge in [-0.2, -0.15) is 0 Å². The van der Waals surface area contributed by atoms with Crippen LogP contribution in [0, 0.1) is 5.82 Å². The first kappa shape index (κ1) is 21.9. The van der Waals surface area contributed by atoms with Crippen LogP contribution in [-0.4, -0.2) is 59.2 Å². The highest BCUT2D eigenvalue weighted by molar-refractivity contribution is 14.0. The zero-order valence-electron chi connectivity index (χ0n) is 15.9. The van der Waals surface area contributed by atoms with Crippen LogP contribution >= 0.6 is 24.0 Å². The zero-order valence-corrected chi connectivity index (χ0v) is 18.2. The van der Waals surface area contributed by atoms with E-state index in [1.54, 1.807) is 19.2 Å². The van der Waals surface area contributed by atoms with Gasteiger partial charge in [0.05, 0.1) is 6.54 Å². The van der Waals surface area contributed by atoms with E-state index in [4.69, 9.17) is 4.74 Å². The van der Waals surface area contributed by atoms with Crippen LogP contribution in [0.2, 0.25) is 0 Å². The van der Waals surface area contributed by atoms with Crippen molar-refractivity contribution in [3.05, 3.63) is 60.3 Å². The zero-order chi connectivity index (χ0) is 19.1. The number of halogens is 2. The highest BCUT2D eigenvalue weighted by atomic mass is 127. The Morgan fingerprint density at radius 1 is 1.21 bits per heavy atom. The van der Waals surface area contributed by atoms with Gasteiger partial charge in [-0.3, -0.25) is 9.39 Å². The van der Waals surface area contributed by atoms with Crippen LogP contribution in [0.1, 0.15) is 5.82 Å². The molecule has 2 aromatic heterocycles. The molecule has 0 amide bonds. The first-order valence-corrected chi connectivity index (χ1v) is 8.76. The molecule has 28 heavy (non-hydrogen) atoms. The lowest BCUT2D eigenvalue weighted by Gasteiger charge is -2.22. The van der Waals surface area contributed by atoms with E-state index >= 15 is 0 Å². The molecule has 9 heteroatoms. The number of nitrogens with zero attached hydrogens (tertiary/aromatic N) is 5. The van der Waals surface area contributed by atoms with Crippen LogP contribution < -0.4 is 10.1 Å². The maximum Gasteiger partial charge on any atom is 0.193 e. The summed E-state index contributed by atoms with van der Waals surface area (Å²) in [5, 5.41) is 11.7. The Kier molecular flexibility index (Phi) is 8.42. The monoisotopic (exact) mass is 498 g/mol. The van der Waals surface area contributed by atoms with Crippen LogP contribution in [0.3, 0.4) is 0 Å². The number of fused-ring (bicyclic) bond motifs is 1. The molecular weight excluding hydrogens is 474 g/mol. The molecule has 0 spiro atoms. The van der Waals surface area contributed by atoms with E-state index in [-0.39, 0.29) is 29.8 Å². The Labute approximate surface area is 180 Å². The average Bonchev–Trinajstić information content (AvgIpc) is 3.10. The normalized spacial score (nSPS) is 11.2. The number of likely N-dealkylation sites (N-methyl/N-ethyl adjacent to an activating group) is 1. The summed E-state index contributed by atoms with van der Waals surface area (Å²) in [6.07, 6.45) is 2.68. The van der Waals surface area contributed by atoms with Gasteiger partial charge in [0.25, 0.3) is 0 Å². The Hall–Kier alpha value is -2.43. The van der Waals surface area contributed by atoms with Crippen molar-refractivity contribution >= 4 is 35.6 Å². The molecule has 0 aliphatic rings. The Morgan fingerprint density at radius 3 is 2.75 bits per heavy atom. The second-order valence-corrected chi connectivity index (χ2v) is 5.99. The summed E-state index contributed by atoms with van der Waals surface area (Å²) in [6, 6.07) is 11.8.